The van der Waals surface area contributed by atoms with E-state index < -0.39 is 11.2 Å². The van der Waals surface area contributed by atoms with Crippen molar-refractivity contribution in [2.45, 2.75) is 13.5 Å². The molecule has 3 heterocycles. The van der Waals surface area contributed by atoms with E-state index in [9.17, 15) is 14.4 Å². The molecule has 1 N–H and O–H groups in total. The molecule has 166 valence electrons. The van der Waals surface area contributed by atoms with Gasteiger partial charge < -0.3 is 9.88 Å². The lowest BCUT2D eigenvalue weighted by molar-refractivity contribution is -0.116. The third-order valence-electron chi connectivity index (χ3n) is 5.49. The van der Waals surface area contributed by atoms with Crippen LogP contribution < -0.4 is 16.6 Å². The maximum absolute atomic E-state index is 12.6. The zero-order valence-electron chi connectivity index (χ0n) is 18.2. The number of benzene rings is 2. The summed E-state index contributed by atoms with van der Waals surface area (Å²) >= 11 is 1.63. The molecule has 0 atom stereocenters. The first-order chi connectivity index (χ1) is 15.8. The molecule has 0 fully saturated rings. The normalized spacial score (nSPS) is 11.4. The number of carbonyl (C=O) groups excluding carboxylic acids is 1. The van der Waals surface area contributed by atoms with Crippen LogP contribution in [0.4, 0.5) is 5.69 Å². The molecule has 1 amide bonds. The summed E-state index contributed by atoms with van der Waals surface area (Å²) in [7, 11) is 2.94. The van der Waals surface area contributed by atoms with Gasteiger partial charge in [-0.1, -0.05) is 6.07 Å². The van der Waals surface area contributed by atoms with E-state index in [4.69, 9.17) is 0 Å². The minimum atomic E-state index is -0.492. The standard InChI is InChI=1S/C23H20N6O3S/c1-13-4-9-16-17(10-13)33-21(26-16)14-5-7-15(8-6-14)25-18(30)11-29-12-24-20-19(29)22(31)28(3)23(32)27(20)2/h4-10,12H,11H2,1-3H3,(H,25,30). The van der Waals surface area contributed by atoms with E-state index in [0.29, 0.717) is 5.69 Å². The molecule has 10 heteroatoms. The highest BCUT2D eigenvalue weighted by Gasteiger charge is 2.16. The smallest absolute Gasteiger partial charge is 0.325 e. The number of hydrogen-bond acceptors (Lipinski definition) is 6. The Labute approximate surface area is 191 Å². The number of anilines is 1. The lowest BCUT2D eigenvalue weighted by Gasteiger charge is -2.08. The Morgan fingerprint density at radius 3 is 2.58 bits per heavy atom. The van der Waals surface area contributed by atoms with Crippen molar-refractivity contribution in [3.8, 4) is 10.6 Å². The summed E-state index contributed by atoms with van der Waals surface area (Å²) in [6.45, 7) is 1.95. The van der Waals surface area contributed by atoms with Crippen molar-refractivity contribution in [1.82, 2.24) is 23.7 Å². The molecule has 2 aromatic carbocycles. The number of aryl methyl sites for hydroxylation is 2. The Bertz CT molecular complexity index is 1660. The van der Waals surface area contributed by atoms with Crippen LogP contribution in [0.1, 0.15) is 5.56 Å². The molecule has 3 aromatic heterocycles. The first kappa shape index (κ1) is 20.8. The van der Waals surface area contributed by atoms with Gasteiger partial charge in [-0.25, -0.2) is 14.8 Å². The van der Waals surface area contributed by atoms with Gasteiger partial charge in [0, 0.05) is 25.3 Å². The zero-order chi connectivity index (χ0) is 23.3. The Hall–Kier alpha value is -4.05. The summed E-state index contributed by atoms with van der Waals surface area (Å²) in [5.41, 5.74) is 3.25. The van der Waals surface area contributed by atoms with Crippen molar-refractivity contribution < 1.29 is 4.79 Å². The van der Waals surface area contributed by atoms with E-state index in [1.54, 1.807) is 11.3 Å². The number of imidazole rings is 1. The number of nitrogens with one attached hydrogen (secondary N) is 1. The van der Waals surface area contributed by atoms with Crippen molar-refractivity contribution >= 4 is 44.3 Å². The number of carbonyl (C=O) groups is 1. The van der Waals surface area contributed by atoms with Crippen molar-refractivity contribution in [1.29, 1.82) is 0 Å². The van der Waals surface area contributed by atoms with Gasteiger partial charge in [-0.15, -0.1) is 11.3 Å². The second-order valence-electron chi connectivity index (χ2n) is 7.87. The summed E-state index contributed by atoms with van der Waals surface area (Å²) < 4.78 is 4.87. The number of thiazole rings is 1. The second kappa shape index (κ2) is 7.82. The third kappa shape index (κ3) is 3.64. The quantitative estimate of drug-likeness (QED) is 0.444. The minimum absolute atomic E-state index is 0.108. The molecule has 0 spiro atoms. The minimum Gasteiger partial charge on any atom is -0.325 e. The van der Waals surface area contributed by atoms with Crippen LogP contribution in [0.5, 0.6) is 0 Å². The molecule has 9 nitrogen and oxygen atoms in total. The van der Waals surface area contributed by atoms with Gasteiger partial charge in [0.2, 0.25) is 5.91 Å². The molecule has 5 rings (SSSR count). The Morgan fingerprint density at radius 2 is 1.82 bits per heavy atom. The van der Waals surface area contributed by atoms with Gasteiger partial charge in [-0.2, -0.15) is 0 Å². The van der Waals surface area contributed by atoms with E-state index in [0.717, 1.165) is 25.4 Å². The lowest BCUT2D eigenvalue weighted by atomic mass is 10.2. The Balaban J connectivity index is 1.35. The monoisotopic (exact) mass is 460 g/mol. The Morgan fingerprint density at radius 1 is 1.06 bits per heavy atom. The maximum atomic E-state index is 12.6. The highest BCUT2D eigenvalue weighted by molar-refractivity contribution is 7.21. The number of nitrogens with zero attached hydrogens (tertiary/aromatic N) is 5. The SMILES string of the molecule is Cc1ccc2nc(-c3ccc(NC(=O)Cn4cnc5c4c(=O)n(C)c(=O)n5C)cc3)sc2c1. The number of hydrogen-bond donors (Lipinski definition) is 1. The topological polar surface area (TPSA) is 104 Å². The summed E-state index contributed by atoms with van der Waals surface area (Å²) in [5.74, 6) is -0.312. The summed E-state index contributed by atoms with van der Waals surface area (Å²) in [6, 6.07) is 13.7. The largest absolute Gasteiger partial charge is 0.332 e. The van der Waals surface area contributed by atoms with Gasteiger partial charge >= 0.3 is 5.69 Å². The first-order valence-corrected chi connectivity index (χ1v) is 11.0. The van der Waals surface area contributed by atoms with Gasteiger partial charge in [0.25, 0.3) is 5.56 Å². The van der Waals surface area contributed by atoms with Crippen LogP contribution in [-0.4, -0.2) is 29.6 Å². The van der Waals surface area contributed by atoms with E-state index in [-0.39, 0.29) is 23.6 Å². The Kier molecular flexibility index (Phi) is 4.94. The molecule has 0 aliphatic rings. The van der Waals surface area contributed by atoms with Crippen LogP contribution in [0.15, 0.2) is 58.4 Å². The number of aromatic nitrogens is 5. The summed E-state index contributed by atoms with van der Waals surface area (Å²) in [5, 5.41) is 3.75. The van der Waals surface area contributed by atoms with E-state index in [2.05, 4.69) is 28.3 Å². The van der Waals surface area contributed by atoms with E-state index in [1.807, 2.05) is 36.4 Å². The van der Waals surface area contributed by atoms with Crippen LogP contribution >= 0.6 is 11.3 Å². The second-order valence-corrected chi connectivity index (χ2v) is 8.90. The summed E-state index contributed by atoms with van der Waals surface area (Å²) in [4.78, 5) is 46.0. The summed E-state index contributed by atoms with van der Waals surface area (Å²) in [6.07, 6.45) is 1.39. The van der Waals surface area contributed by atoms with E-state index in [1.165, 1.54) is 35.1 Å². The van der Waals surface area contributed by atoms with Crippen LogP contribution in [0, 0.1) is 6.92 Å². The van der Waals surface area contributed by atoms with Crippen LogP contribution in [-0.2, 0) is 25.4 Å². The fraction of sp³-hybridized carbons (Fsp3) is 0.174. The van der Waals surface area contributed by atoms with Crippen LogP contribution in [0.3, 0.4) is 0 Å². The highest BCUT2D eigenvalue weighted by atomic mass is 32.1. The molecule has 0 saturated carbocycles. The highest BCUT2D eigenvalue weighted by Crippen LogP contribution is 2.31. The molecule has 5 aromatic rings. The molecule has 33 heavy (non-hydrogen) atoms. The van der Waals surface area contributed by atoms with Crippen LogP contribution in [0.2, 0.25) is 0 Å². The number of rotatable bonds is 4. The van der Waals surface area contributed by atoms with Crippen molar-refractivity contribution in [3.05, 3.63) is 75.2 Å². The lowest BCUT2D eigenvalue weighted by Crippen LogP contribution is -2.37. The number of fused-ring (bicyclic) bond motifs is 2. The molecular weight excluding hydrogens is 440 g/mol. The van der Waals surface area contributed by atoms with Crippen LogP contribution in [0.25, 0.3) is 32.0 Å². The van der Waals surface area contributed by atoms with E-state index >= 15 is 0 Å². The molecular formula is C23H20N6O3S. The number of amides is 1. The fourth-order valence-corrected chi connectivity index (χ4v) is 4.79. The molecule has 0 aliphatic carbocycles. The predicted octanol–water partition coefficient (Wildman–Crippen LogP) is 2.66. The molecule has 0 aliphatic heterocycles. The van der Waals surface area contributed by atoms with Gasteiger partial charge in [0.15, 0.2) is 11.2 Å². The van der Waals surface area contributed by atoms with Crippen molar-refractivity contribution in [2.75, 3.05) is 5.32 Å². The molecule has 0 unspecified atom stereocenters. The fourth-order valence-electron chi connectivity index (χ4n) is 3.72. The molecule has 0 saturated heterocycles. The van der Waals surface area contributed by atoms with Gasteiger partial charge in [0.1, 0.15) is 11.6 Å². The van der Waals surface area contributed by atoms with Gasteiger partial charge in [-0.3, -0.25) is 18.7 Å². The third-order valence-corrected chi connectivity index (χ3v) is 6.56. The van der Waals surface area contributed by atoms with Crippen molar-refractivity contribution in [3.63, 3.8) is 0 Å². The van der Waals surface area contributed by atoms with Gasteiger partial charge in [0.05, 0.1) is 16.5 Å². The van der Waals surface area contributed by atoms with Gasteiger partial charge in [-0.05, 0) is 48.9 Å². The maximum Gasteiger partial charge on any atom is 0.332 e. The van der Waals surface area contributed by atoms with Crippen molar-refractivity contribution in [2.24, 2.45) is 14.1 Å². The first-order valence-electron chi connectivity index (χ1n) is 10.2. The zero-order valence-corrected chi connectivity index (χ0v) is 19.0. The average molecular weight is 461 g/mol. The molecule has 0 bridgehead atoms. The predicted molar refractivity (Wildman–Crippen MR) is 129 cm³/mol. The molecule has 0 radical (unpaired) electrons. The average Bonchev–Trinajstić information content (AvgIpc) is 3.40.